The second-order valence-electron chi connectivity index (χ2n) is 4.13. The molecule has 0 aromatic heterocycles. The van der Waals surface area contributed by atoms with E-state index in [0.717, 1.165) is 23.4 Å². The third kappa shape index (κ3) is 3.23. The molecule has 0 aliphatic heterocycles. The smallest absolute Gasteiger partial charge is 0.189 e. The number of methoxy groups -OCH3 is 1. The van der Waals surface area contributed by atoms with Crippen molar-refractivity contribution in [1.82, 2.24) is 0 Å². The van der Waals surface area contributed by atoms with Crippen molar-refractivity contribution in [3.63, 3.8) is 0 Å². The molecular formula is C16H13FO3. The number of carbonyl (C=O) groups excluding carboxylic acids is 1. The minimum absolute atomic E-state index is 0.0659. The Hall–Kier alpha value is -2.62. The number of ether oxygens (including phenoxy) is 1. The number of hydrogen-bond donors (Lipinski definition) is 1. The molecule has 0 aliphatic carbocycles. The molecule has 0 aliphatic rings. The minimum atomic E-state index is -0.585. The quantitative estimate of drug-likeness (QED) is 0.685. The number of phenols is 1. The molecule has 4 heteroatoms. The lowest BCUT2D eigenvalue weighted by molar-refractivity contribution is 0.104. The highest BCUT2D eigenvalue weighted by atomic mass is 19.1. The lowest BCUT2D eigenvalue weighted by Crippen LogP contribution is -1.95. The van der Waals surface area contributed by atoms with Gasteiger partial charge >= 0.3 is 0 Å². The Bertz CT molecular complexity index is 645. The number of aromatic hydroxyl groups is 1. The maximum Gasteiger partial charge on any atom is 0.189 e. The zero-order valence-electron chi connectivity index (χ0n) is 10.8. The van der Waals surface area contributed by atoms with Crippen LogP contribution < -0.4 is 4.74 Å². The van der Waals surface area contributed by atoms with Crippen molar-refractivity contribution < 1.29 is 19.0 Å². The first-order valence-corrected chi connectivity index (χ1v) is 5.95. The average Bonchev–Trinajstić information content (AvgIpc) is 2.45. The molecule has 20 heavy (non-hydrogen) atoms. The molecule has 0 saturated heterocycles. The van der Waals surface area contributed by atoms with Crippen molar-refractivity contribution in [2.24, 2.45) is 0 Å². The molecule has 0 unspecified atom stereocenters. The Morgan fingerprint density at radius 1 is 1.20 bits per heavy atom. The van der Waals surface area contributed by atoms with Gasteiger partial charge in [0.25, 0.3) is 0 Å². The van der Waals surface area contributed by atoms with Crippen LogP contribution in [0, 0.1) is 5.82 Å². The largest absolute Gasteiger partial charge is 0.507 e. The normalized spacial score (nSPS) is 10.7. The molecule has 0 radical (unpaired) electrons. The Labute approximate surface area is 115 Å². The summed E-state index contributed by atoms with van der Waals surface area (Å²) >= 11 is 0. The van der Waals surface area contributed by atoms with Gasteiger partial charge in [0, 0.05) is 6.07 Å². The van der Waals surface area contributed by atoms with E-state index in [9.17, 15) is 14.3 Å². The average molecular weight is 272 g/mol. The van der Waals surface area contributed by atoms with Crippen LogP contribution >= 0.6 is 0 Å². The van der Waals surface area contributed by atoms with Crippen LogP contribution in [-0.4, -0.2) is 18.0 Å². The summed E-state index contributed by atoms with van der Waals surface area (Å²) < 4.78 is 17.9. The van der Waals surface area contributed by atoms with Gasteiger partial charge in [0.2, 0.25) is 0 Å². The number of ketones is 1. The van der Waals surface area contributed by atoms with Gasteiger partial charge in [0.15, 0.2) is 5.78 Å². The zero-order valence-corrected chi connectivity index (χ0v) is 10.8. The van der Waals surface area contributed by atoms with Crippen LogP contribution in [0.2, 0.25) is 0 Å². The number of hydrogen-bond acceptors (Lipinski definition) is 3. The number of allylic oxidation sites excluding steroid dienone is 1. The molecule has 0 bridgehead atoms. The van der Waals surface area contributed by atoms with Crippen LogP contribution in [0.25, 0.3) is 6.08 Å². The SMILES string of the molecule is COc1ccc(/C=C/C(=O)c2ccc(F)cc2O)cc1. The molecule has 0 spiro atoms. The van der Waals surface area contributed by atoms with E-state index in [1.165, 1.54) is 12.1 Å². The highest BCUT2D eigenvalue weighted by Gasteiger charge is 2.08. The van der Waals surface area contributed by atoms with Crippen LogP contribution in [0.1, 0.15) is 15.9 Å². The van der Waals surface area contributed by atoms with Crippen molar-refractivity contribution in [2.45, 2.75) is 0 Å². The van der Waals surface area contributed by atoms with Crippen molar-refractivity contribution in [3.05, 3.63) is 65.5 Å². The Kier molecular flexibility index (Phi) is 4.15. The second-order valence-corrected chi connectivity index (χ2v) is 4.13. The second kappa shape index (κ2) is 6.02. The summed E-state index contributed by atoms with van der Waals surface area (Å²) in [6.07, 6.45) is 2.94. The van der Waals surface area contributed by atoms with Gasteiger partial charge in [0.05, 0.1) is 12.7 Å². The molecule has 1 N–H and O–H groups in total. The first-order chi connectivity index (χ1) is 9.60. The maximum atomic E-state index is 12.8. The van der Waals surface area contributed by atoms with Gasteiger partial charge in [-0.3, -0.25) is 4.79 Å². The molecule has 3 nitrogen and oxygen atoms in total. The number of rotatable bonds is 4. The van der Waals surface area contributed by atoms with Crippen molar-refractivity contribution in [3.8, 4) is 11.5 Å². The monoisotopic (exact) mass is 272 g/mol. The Morgan fingerprint density at radius 3 is 2.50 bits per heavy atom. The van der Waals surface area contributed by atoms with E-state index < -0.39 is 11.6 Å². The highest BCUT2D eigenvalue weighted by Crippen LogP contribution is 2.19. The molecule has 0 heterocycles. The molecule has 0 atom stereocenters. The van der Waals surface area contributed by atoms with Crippen molar-refractivity contribution in [1.29, 1.82) is 0 Å². The summed E-state index contributed by atoms with van der Waals surface area (Å²) in [4.78, 5) is 11.9. The highest BCUT2D eigenvalue weighted by molar-refractivity contribution is 6.08. The number of halogens is 1. The summed E-state index contributed by atoms with van der Waals surface area (Å²) in [6, 6.07) is 10.5. The number of phenolic OH excluding ortho intramolecular Hbond substituents is 1. The molecule has 2 aromatic carbocycles. The zero-order chi connectivity index (χ0) is 14.5. The van der Waals surface area contributed by atoms with E-state index in [4.69, 9.17) is 4.74 Å². The molecule has 2 rings (SSSR count). The van der Waals surface area contributed by atoms with Gasteiger partial charge < -0.3 is 9.84 Å². The van der Waals surface area contributed by atoms with E-state index >= 15 is 0 Å². The van der Waals surface area contributed by atoms with Gasteiger partial charge in [-0.05, 0) is 35.9 Å². The van der Waals surface area contributed by atoms with Crippen molar-refractivity contribution in [2.75, 3.05) is 7.11 Å². The van der Waals surface area contributed by atoms with Gasteiger partial charge in [-0.1, -0.05) is 18.2 Å². The van der Waals surface area contributed by atoms with Crippen LogP contribution in [0.4, 0.5) is 4.39 Å². The molecule has 0 amide bonds. The molecule has 102 valence electrons. The fraction of sp³-hybridized carbons (Fsp3) is 0.0625. The summed E-state index contributed by atoms with van der Waals surface area (Å²) in [5.41, 5.74) is 0.886. The number of benzene rings is 2. The minimum Gasteiger partial charge on any atom is -0.507 e. The predicted molar refractivity (Wildman–Crippen MR) is 74.4 cm³/mol. The van der Waals surface area contributed by atoms with Crippen LogP contribution in [0.3, 0.4) is 0 Å². The van der Waals surface area contributed by atoms with E-state index in [1.807, 2.05) is 0 Å². The van der Waals surface area contributed by atoms with Crippen LogP contribution in [-0.2, 0) is 0 Å². The Balaban J connectivity index is 2.15. The fourth-order valence-electron chi connectivity index (χ4n) is 1.69. The van der Waals surface area contributed by atoms with Crippen LogP contribution in [0.15, 0.2) is 48.5 Å². The molecule has 0 fully saturated rings. The number of carbonyl (C=O) groups is 1. The third-order valence-corrected chi connectivity index (χ3v) is 2.77. The first kappa shape index (κ1) is 13.8. The molecule has 2 aromatic rings. The van der Waals surface area contributed by atoms with Gasteiger partial charge in [-0.25, -0.2) is 4.39 Å². The standard InChI is InChI=1S/C16H13FO3/c1-20-13-6-2-11(3-7-13)4-9-15(18)14-8-5-12(17)10-16(14)19/h2-10,19H,1H3/b9-4+. The van der Waals surface area contributed by atoms with Crippen molar-refractivity contribution >= 4 is 11.9 Å². The molecule has 0 saturated carbocycles. The van der Waals surface area contributed by atoms with Crippen LogP contribution in [0.5, 0.6) is 11.5 Å². The van der Waals surface area contributed by atoms with E-state index in [0.29, 0.717) is 0 Å². The Morgan fingerprint density at radius 2 is 1.90 bits per heavy atom. The van der Waals surface area contributed by atoms with E-state index in [-0.39, 0.29) is 11.3 Å². The third-order valence-electron chi connectivity index (χ3n) is 2.77. The molecular weight excluding hydrogens is 259 g/mol. The summed E-state index contributed by atoms with van der Waals surface area (Å²) in [5.74, 6) is -0.615. The fourth-order valence-corrected chi connectivity index (χ4v) is 1.69. The van der Waals surface area contributed by atoms with E-state index in [1.54, 1.807) is 37.5 Å². The lowest BCUT2D eigenvalue weighted by Gasteiger charge is -2.01. The first-order valence-electron chi connectivity index (χ1n) is 5.95. The van der Waals surface area contributed by atoms with Gasteiger partial charge in [0.1, 0.15) is 17.3 Å². The van der Waals surface area contributed by atoms with Gasteiger partial charge in [-0.2, -0.15) is 0 Å². The summed E-state index contributed by atoms with van der Waals surface area (Å²) in [5, 5.41) is 9.52. The lowest BCUT2D eigenvalue weighted by atomic mass is 10.1. The topological polar surface area (TPSA) is 46.5 Å². The maximum absolute atomic E-state index is 12.8. The van der Waals surface area contributed by atoms with E-state index in [2.05, 4.69) is 0 Å². The predicted octanol–water partition coefficient (Wildman–Crippen LogP) is 3.44. The summed E-state index contributed by atoms with van der Waals surface area (Å²) in [7, 11) is 1.58. The summed E-state index contributed by atoms with van der Waals surface area (Å²) in [6.45, 7) is 0. The van der Waals surface area contributed by atoms with Gasteiger partial charge in [-0.15, -0.1) is 0 Å².